The molecule has 1 aromatic rings. The fourth-order valence-corrected chi connectivity index (χ4v) is 2.96. The summed E-state index contributed by atoms with van der Waals surface area (Å²) >= 11 is 0. The van der Waals surface area contributed by atoms with E-state index in [1.807, 2.05) is 29.2 Å². The van der Waals surface area contributed by atoms with Gasteiger partial charge in [0.15, 0.2) is 0 Å². The summed E-state index contributed by atoms with van der Waals surface area (Å²) < 4.78 is 5.13. The molecule has 1 saturated heterocycles. The number of nitrogens with two attached hydrogens (primary N) is 1. The van der Waals surface area contributed by atoms with E-state index in [1.165, 1.54) is 0 Å². The molecule has 0 aromatic heterocycles. The van der Waals surface area contributed by atoms with Gasteiger partial charge in [-0.2, -0.15) is 0 Å². The highest BCUT2D eigenvalue weighted by molar-refractivity contribution is 5.85. The molecule has 6 nitrogen and oxygen atoms in total. The first-order chi connectivity index (χ1) is 11.6. The Morgan fingerprint density at radius 2 is 2.04 bits per heavy atom. The smallest absolute Gasteiger partial charge is 0.224 e. The second-order valence-electron chi connectivity index (χ2n) is 6.11. The lowest BCUT2D eigenvalue weighted by molar-refractivity contribution is -0.135. The Labute approximate surface area is 155 Å². The predicted molar refractivity (Wildman–Crippen MR) is 99.9 cm³/mol. The normalized spacial score (nSPS) is 16.7. The van der Waals surface area contributed by atoms with Gasteiger partial charge in [0.2, 0.25) is 11.8 Å². The van der Waals surface area contributed by atoms with E-state index in [9.17, 15) is 9.59 Å². The molecule has 0 aliphatic carbocycles. The first-order valence-corrected chi connectivity index (χ1v) is 8.52. The van der Waals surface area contributed by atoms with Crippen molar-refractivity contribution in [3.63, 3.8) is 0 Å². The number of aryl methyl sites for hydroxylation is 1. The van der Waals surface area contributed by atoms with Crippen LogP contribution in [0.25, 0.3) is 0 Å². The van der Waals surface area contributed by atoms with Crippen molar-refractivity contribution in [1.82, 2.24) is 10.2 Å². The first-order valence-electron chi connectivity index (χ1n) is 8.52. The van der Waals surface area contributed by atoms with Crippen molar-refractivity contribution in [1.29, 1.82) is 0 Å². The van der Waals surface area contributed by atoms with E-state index < -0.39 is 0 Å². The maximum absolute atomic E-state index is 12.4. The molecule has 1 fully saturated rings. The lowest BCUT2D eigenvalue weighted by Crippen LogP contribution is -2.46. The molecule has 140 valence electrons. The number of carbonyl (C=O) groups is 2. The molecule has 0 radical (unpaired) electrons. The molecule has 0 bridgehead atoms. The minimum Gasteiger partial charge on any atom is -0.497 e. The number of piperidine rings is 1. The number of rotatable bonds is 7. The van der Waals surface area contributed by atoms with E-state index in [2.05, 4.69) is 5.32 Å². The Hall–Kier alpha value is -1.79. The topological polar surface area (TPSA) is 84.7 Å². The van der Waals surface area contributed by atoms with Crippen LogP contribution in [-0.4, -0.2) is 50.0 Å². The number of amides is 2. The molecule has 2 amide bonds. The second kappa shape index (κ2) is 10.9. The lowest BCUT2D eigenvalue weighted by atomic mass is 9.96. The van der Waals surface area contributed by atoms with Crippen LogP contribution in [0.2, 0.25) is 0 Å². The van der Waals surface area contributed by atoms with Crippen molar-refractivity contribution < 1.29 is 14.3 Å². The number of benzene rings is 1. The Morgan fingerprint density at radius 1 is 1.32 bits per heavy atom. The highest BCUT2D eigenvalue weighted by Gasteiger charge is 2.27. The monoisotopic (exact) mass is 369 g/mol. The summed E-state index contributed by atoms with van der Waals surface area (Å²) in [6.45, 7) is 2.17. The second-order valence-corrected chi connectivity index (χ2v) is 6.11. The maximum Gasteiger partial charge on any atom is 0.224 e. The fourth-order valence-electron chi connectivity index (χ4n) is 2.96. The minimum absolute atomic E-state index is 0. The highest BCUT2D eigenvalue weighted by Crippen LogP contribution is 2.18. The molecule has 0 spiro atoms. The largest absolute Gasteiger partial charge is 0.497 e. The van der Waals surface area contributed by atoms with Crippen molar-refractivity contribution in [2.24, 2.45) is 11.7 Å². The van der Waals surface area contributed by atoms with Gasteiger partial charge in [-0.05, 0) is 37.0 Å². The quantitative estimate of drug-likeness (QED) is 0.760. The zero-order valence-corrected chi connectivity index (χ0v) is 15.5. The summed E-state index contributed by atoms with van der Waals surface area (Å²) in [6.07, 6.45) is 2.86. The minimum atomic E-state index is -0.116. The summed E-state index contributed by atoms with van der Waals surface area (Å²) in [7, 11) is 1.63. The van der Waals surface area contributed by atoms with Crippen molar-refractivity contribution in [3.8, 4) is 5.75 Å². The standard InChI is InChI=1S/C18H27N3O3.ClH/c1-24-16-7-4-14(5-8-16)6-9-17(22)21-12-2-3-15(13-21)18(23)20-11-10-19;/h4-5,7-8,15H,2-3,6,9-13,19H2,1H3,(H,20,23);1H. The van der Waals surface area contributed by atoms with Crippen LogP contribution in [0.1, 0.15) is 24.8 Å². The summed E-state index contributed by atoms with van der Waals surface area (Å²) in [5.41, 5.74) is 6.52. The Morgan fingerprint density at radius 3 is 2.68 bits per heavy atom. The number of methoxy groups -OCH3 is 1. The van der Waals surface area contributed by atoms with Crippen molar-refractivity contribution >= 4 is 24.2 Å². The van der Waals surface area contributed by atoms with Crippen LogP contribution < -0.4 is 15.8 Å². The summed E-state index contributed by atoms with van der Waals surface area (Å²) in [6, 6.07) is 7.76. The Balaban J connectivity index is 0.00000312. The van der Waals surface area contributed by atoms with Gasteiger partial charge < -0.3 is 20.7 Å². The summed E-state index contributed by atoms with van der Waals surface area (Å²) in [5.74, 6) is 0.818. The van der Waals surface area contributed by atoms with Gasteiger partial charge in [-0.3, -0.25) is 9.59 Å². The van der Waals surface area contributed by atoms with Gasteiger partial charge >= 0.3 is 0 Å². The summed E-state index contributed by atoms with van der Waals surface area (Å²) in [4.78, 5) is 26.3. The number of halogens is 1. The van der Waals surface area contributed by atoms with E-state index in [0.717, 1.165) is 30.7 Å². The third kappa shape index (κ3) is 6.55. The third-order valence-electron chi connectivity index (χ3n) is 4.38. The Bertz CT molecular complexity index is 551. The van der Waals surface area contributed by atoms with Gasteiger partial charge in [-0.25, -0.2) is 0 Å². The maximum atomic E-state index is 12.4. The first kappa shape index (κ1) is 21.3. The molecule has 2 rings (SSSR count). The number of likely N-dealkylation sites (tertiary alicyclic amines) is 1. The van der Waals surface area contributed by atoms with E-state index in [-0.39, 0.29) is 30.1 Å². The van der Waals surface area contributed by atoms with Crippen molar-refractivity contribution in [2.45, 2.75) is 25.7 Å². The van der Waals surface area contributed by atoms with Gasteiger partial charge in [0.25, 0.3) is 0 Å². The van der Waals surface area contributed by atoms with Gasteiger partial charge in [0, 0.05) is 32.6 Å². The number of carbonyl (C=O) groups excluding carboxylic acids is 2. The van der Waals surface area contributed by atoms with Crippen LogP contribution in [0.3, 0.4) is 0 Å². The molecule has 7 heteroatoms. The van der Waals surface area contributed by atoms with Crippen LogP contribution in [0.4, 0.5) is 0 Å². The van der Waals surface area contributed by atoms with E-state index in [1.54, 1.807) is 7.11 Å². The molecule has 1 atom stereocenters. The van der Waals surface area contributed by atoms with Crippen LogP contribution in [-0.2, 0) is 16.0 Å². The number of nitrogens with one attached hydrogen (secondary N) is 1. The molecule has 1 aliphatic heterocycles. The molecule has 0 saturated carbocycles. The number of nitrogens with zero attached hydrogens (tertiary/aromatic N) is 1. The molecule has 1 aromatic carbocycles. The van der Waals surface area contributed by atoms with Crippen LogP contribution >= 0.6 is 12.4 Å². The zero-order valence-electron chi connectivity index (χ0n) is 14.7. The molecule has 1 heterocycles. The van der Waals surface area contributed by atoms with Crippen LogP contribution in [0, 0.1) is 5.92 Å². The summed E-state index contributed by atoms with van der Waals surface area (Å²) in [5, 5.41) is 2.82. The average Bonchev–Trinajstić information content (AvgIpc) is 2.64. The van der Waals surface area contributed by atoms with Crippen LogP contribution in [0.15, 0.2) is 24.3 Å². The molecule has 1 unspecified atom stereocenters. The van der Waals surface area contributed by atoms with Gasteiger partial charge in [0.1, 0.15) is 5.75 Å². The lowest BCUT2D eigenvalue weighted by Gasteiger charge is -2.32. The molecule has 3 N–H and O–H groups in total. The molecule has 1 aliphatic rings. The predicted octanol–water partition coefficient (Wildman–Crippen LogP) is 1.36. The van der Waals surface area contributed by atoms with Crippen molar-refractivity contribution in [3.05, 3.63) is 29.8 Å². The number of ether oxygens (including phenoxy) is 1. The Kier molecular flexibility index (Phi) is 9.31. The number of hydrogen-bond acceptors (Lipinski definition) is 4. The SMILES string of the molecule is COc1ccc(CCC(=O)N2CCCC(C(=O)NCCN)C2)cc1.Cl. The number of hydrogen-bond donors (Lipinski definition) is 2. The van der Waals surface area contributed by atoms with Gasteiger partial charge in [0.05, 0.1) is 13.0 Å². The van der Waals surface area contributed by atoms with Gasteiger partial charge in [-0.15, -0.1) is 12.4 Å². The third-order valence-corrected chi connectivity index (χ3v) is 4.38. The fraction of sp³-hybridized carbons (Fsp3) is 0.556. The van der Waals surface area contributed by atoms with E-state index in [4.69, 9.17) is 10.5 Å². The molecular formula is C18H28ClN3O3. The van der Waals surface area contributed by atoms with Crippen molar-refractivity contribution in [2.75, 3.05) is 33.3 Å². The van der Waals surface area contributed by atoms with Gasteiger partial charge in [-0.1, -0.05) is 12.1 Å². The van der Waals surface area contributed by atoms with Crippen LogP contribution in [0.5, 0.6) is 5.75 Å². The van der Waals surface area contributed by atoms with E-state index in [0.29, 0.717) is 32.5 Å². The molecular weight excluding hydrogens is 342 g/mol. The average molecular weight is 370 g/mol. The molecule has 25 heavy (non-hydrogen) atoms. The zero-order chi connectivity index (χ0) is 17.4. The highest BCUT2D eigenvalue weighted by atomic mass is 35.5. The van der Waals surface area contributed by atoms with E-state index >= 15 is 0 Å².